The normalized spacial score (nSPS) is 11.6. The van der Waals surface area contributed by atoms with Crippen molar-refractivity contribution < 1.29 is 24.0 Å². The minimum absolute atomic E-state index is 0.0815. The lowest BCUT2D eigenvalue weighted by Gasteiger charge is -2.12. The molecule has 0 bridgehead atoms. The summed E-state index contributed by atoms with van der Waals surface area (Å²) in [6.07, 6.45) is 0.430. The fourth-order valence-corrected chi connectivity index (χ4v) is 3.18. The van der Waals surface area contributed by atoms with Crippen LogP contribution in [0.3, 0.4) is 0 Å². The molecule has 34 heavy (non-hydrogen) atoms. The molecule has 0 aromatic heterocycles. The van der Waals surface area contributed by atoms with Crippen molar-refractivity contribution in [2.75, 3.05) is 0 Å². The highest BCUT2D eigenvalue weighted by atomic mass is 79.9. The Bertz CT molecular complexity index is 1240. The van der Waals surface area contributed by atoms with E-state index in [2.05, 4.69) is 26.5 Å². The Kier molecular flexibility index (Phi) is 8.10. The van der Waals surface area contributed by atoms with Gasteiger partial charge in [0.1, 0.15) is 11.5 Å². The average Bonchev–Trinajstić information content (AvgIpc) is 2.81. The minimum atomic E-state index is -0.917. The number of nitro groups is 1. The van der Waals surface area contributed by atoms with Crippen molar-refractivity contribution in [1.82, 2.24) is 5.43 Å². The van der Waals surface area contributed by atoms with E-state index in [-0.39, 0.29) is 11.4 Å². The number of rotatable bonds is 8. The summed E-state index contributed by atoms with van der Waals surface area (Å²) in [5.74, 6) is -0.491. The summed E-state index contributed by atoms with van der Waals surface area (Å²) in [7, 11) is 0. The Morgan fingerprint density at radius 1 is 1.12 bits per heavy atom. The summed E-state index contributed by atoms with van der Waals surface area (Å²) < 4.78 is 11.7. The number of carbonyl (C=O) groups excluding carboxylic acids is 2. The lowest BCUT2D eigenvalue weighted by atomic mass is 10.1. The number of non-ortho nitro benzene ring substituents is 1. The van der Waals surface area contributed by atoms with Crippen molar-refractivity contribution >= 4 is 39.7 Å². The van der Waals surface area contributed by atoms with Crippen molar-refractivity contribution in [3.63, 3.8) is 0 Å². The summed E-state index contributed by atoms with van der Waals surface area (Å²) in [6, 6.07) is 17.4. The largest absolute Gasteiger partial charge is 0.481 e. The molecule has 0 saturated carbocycles. The Morgan fingerprint density at radius 2 is 1.85 bits per heavy atom. The van der Waals surface area contributed by atoms with Crippen molar-refractivity contribution in [3.8, 4) is 11.5 Å². The molecule has 0 aliphatic rings. The smallest absolute Gasteiger partial charge is 0.343 e. The summed E-state index contributed by atoms with van der Waals surface area (Å²) in [6.45, 7) is 3.39. The molecule has 174 valence electrons. The zero-order chi connectivity index (χ0) is 24.7. The predicted octanol–water partition coefficient (Wildman–Crippen LogP) is 4.80. The number of hydrogen-bond donors (Lipinski definition) is 1. The first kappa shape index (κ1) is 24.6. The standard InChI is InChI=1S/C24H20BrN3O6/c1-15-4-3-5-17(12-15)24(30)34-22-11-6-19(25)13-18(22)14-26-27-23(29)16(2)33-21-9-7-20(8-10-21)28(31)32/h3-14,16H,1-2H3,(H,27,29)/b26-14-/t16-/m1/s1. The monoisotopic (exact) mass is 525 g/mol. The van der Waals surface area contributed by atoms with Crippen molar-refractivity contribution in [2.45, 2.75) is 20.0 Å². The zero-order valence-electron chi connectivity index (χ0n) is 18.2. The van der Waals surface area contributed by atoms with Crippen molar-refractivity contribution in [1.29, 1.82) is 0 Å². The minimum Gasteiger partial charge on any atom is -0.481 e. The number of nitro benzene ring substituents is 1. The molecule has 10 heteroatoms. The molecule has 0 unspecified atom stereocenters. The lowest BCUT2D eigenvalue weighted by Crippen LogP contribution is -2.33. The summed E-state index contributed by atoms with van der Waals surface area (Å²) in [4.78, 5) is 35.0. The van der Waals surface area contributed by atoms with Crippen LogP contribution in [0.15, 0.2) is 76.3 Å². The van der Waals surface area contributed by atoms with Gasteiger partial charge in [0.25, 0.3) is 11.6 Å². The maximum atomic E-state index is 12.5. The van der Waals surface area contributed by atoms with Crippen LogP contribution in [0.25, 0.3) is 0 Å². The van der Waals surface area contributed by atoms with Crippen LogP contribution in [0.5, 0.6) is 11.5 Å². The highest BCUT2D eigenvalue weighted by Gasteiger charge is 2.15. The number of ether oxygens (including phenoxy) is 2. The predicted molar refractivity (Wildman–Crippen MR) is 129 cm³/mol. The third-order valence-corrected chi connectivity index (χ3v) is 5.03. The molecule has 0 spiro atoms. The summed E-state index contributed by atoms with van der Waals surface area (Å²) in [5.41, 5.74) is 4.08. The van der Waals surface area contributed by atoms with Crippen LogP contribution >= 0.6 is 15.9 Å². The molecule has 0 saturated heterocycles. The number of aryl methyl sites for hydroxylation is 1. The number of amides is 1. The molecule has 3 rings (SSSR count). The Labute approximate surface area is 203 Å². The van der Waals surface area contributed by atoms with E-state index in [0.29, 0.717) is 16.9 Å². The molecule has 0 heterocycles. The van der Waals surface area contributed by atoms with Gasteiger partial charge < -0.3 is 9.47 Å². The van der Waals surface area contributed by atoms with Gasteiger partial charge in [-0.25, -0.2) is 10.2 Å². The van der Waals surface area contributed by atoms with Crippen LogP contribution in [0.4, 0.5) is 5.69 Å². The number of halogens is 1. The van der Waals surface area contributed by atoms with E-state index in [1.54, 1.807) is 36.4 Å². The maximum Gasteiger partial charge on any atom is 0.343 e. The Hall–Kier alpha value is -4.05. The fourth-order valence-electron chi connectivity index (χ4n) is 2.80. The first-order chi connectivity index (χ1) is 16.2. The van der Waals surface area contributed by atoms with Crippen LogP contribution in [-0.2, 0) is 4.79 Å². The molecule has 9 nitrogen and oxygen atoms in total. The van der Waals surface area contributed by atoms with E-state index in [9.17, 15) is 19.7 Å². The molecule has 3 aromatic carbocycles. The molecule has 0 aliphatic heterocycles. The van der Waals surface area contributed by atoms with E-state index in [0.717, 1.165) is 10.0 Å². The van der Waals surface area contributed by atoms with E-state index >= 15 is 0 Å². The molecule has 1 atom stereocenters. The fraction of sp³-hybridized carbons (Fsp3) is 0.125. The second kappa shape index (κ2) is 11.2. The van der Waals surface area contributed by atoms with Gasteiger partial charge in [-0.15, -0.1) is 0 Å². The molecule has 1 N–H and O–H groups in total. The number of nitrogens with one attached hydrogen (secondary N) is 1. The van der Waals surface area contributed by atoms with E-state index in [1.807, 2.05) is 13.0 Å². The van der Waals surface area contributed by atoms with Gasteiger partial charge in [0.05, 0.1) is 16.7 Å². The molecule has 0 fully saturated rings. The second-order valence-corrected chi connectivity index (χ2v) is 8.10. The number of hydrazone groups is 1. The quantitative estimate of drug-likeness (QED) is 0.148. The molecule has 1 amide bonds. The number of esters is 1. The lowest BCUT2D eigenvalue weighted by molar-refractivity contribution is -0.384. The number of nitrogens with zero attached hydrogens (tertiary/aromatic N) is 2. The summed E-state index contributed by atoms with van der Waals surface area (Å²) in [5, 5.41) is 14.7. The van der Waals surface area contributed by atoms with Gasteiger partial charge in [0, 0.05) is 22.2 Å². The molecular formula is C24H20BrN3O6. The summed E-state index contributed by atoms with van der Waals surface area (Å²) >= 11 is 3.36. The van der Waals surface area contributed by atoms with E-state index in [1.165, 1.54) is 37.4 Å². The van der Waals surface area contributed by atoms with Gasteiger partial charge in [-0.3, -0.25) is 14.9 Å². The molecule has 0 radical (unpaired) electrons. The van der Waals surface area contributed by atoms with Crippen LogP contribution in [0, 0.1) is 17.0 Å². The van der Waals surface area contributed by atoms with E-state index in [4.69, 9.17) is 9.47 Å². The van der Waals surface area contributed by atoms with Gasteiger partial charge in [-0.2, -0.15) is 5.10 Å². The van der Waals surface area contributed by atoms with Crippen LogP contribution in [0.2, 0.25) is 0 Å². The van der Waals surface area contributed by atoms with E-state index < -0.39 is 22.9 Å². The van der Waals surface area contributed by atoms with Crippen molar-refractivity contribution in [3.05, 3.63) is 98.0 Å². The third kappa shape index (κ3) is 6.72. The van der Waals surface area contributed by atoms with Gasteiger partial charge in [-0.05, 0) is 56.3 Å². The van der Waals surface area contributed by atoms with Crippen LogP contribution in [0.1, 0.15) is 28.4 Å². The van der Waals surface area contributed by atoms with Crippen LogP contribution in [-0.4, -0.2) is 29.1 Å². The van der Waals surface area contributed by atoms with Gasteiger partial charge in [0.2, 0.25) is 0 Å². The Morgan fingerprint density at radius 3 is 2.53 bits per heavy atom. The average molecular weight is 526 g/mol. The SMILES string of the molecule is Cc1cccc(C(=O)Oc2ccc(Br)cc2/C=N\NC(=O)[C@@H](C)Oc2ccc([N+](=O)[O-])cc2)c1. The molecule has 0 aliphatic carbocycles. The van der Waals surface area contributed by atoms with Crippen LogP contribution < -0.4 is 14.9 Å². The van der Waals surface area contributed by atoms with Gasteiger partial charge >= 0.3 is 5.97 Å². The highest BCUT2D eigenvalue weighted by molar-refractivity contribution is 9.10. The number of benzene rings is 3. The topological polar surface area (TPSA) is 120 Å². The first-order valence-corrected chi connectivity index (χ1v) is 10.8. The number of hydrogen-bond acceptors (Lipinski definition) is 7. The molecule has 3 aromatic rings. The van der Waals surface area contributed by atoms with Gasteiger partial charge in [0.15, 0.2) is 6.10 Å². The zero-order valence-corrected chi connectivity index (χ0v) is 19.8. The molecular weight excluding hydrogens is 506 g/mol. The second-order valence-electron chi connectivity index (χ2n) is 7.19. The number of carbonyl (C=O) groups is 2. The first-order valence-electron chi connectivity index (χ1n) is 10.1. The highest BCUT2D eigenvalue weighted by Crippen LogP contribution is 2.23. The maximum absolute atomic E-state index is 12.5. The van der Waals surface area contributed by atoms with Gasteiger partial charge in [-0.1, -0.05) is 33.6 Å². The third-order valence-electron chi connectivity index (χ3n) is 4.54. The Balaban J connectivity index is 1.64. The van der Waals surface area contributed by atoms with Crippen molar-refractivity contribution in [2.24, 2.45) is 5.10 Å².